The summed E-state index contributed by atoms with van der Waals surface area (Å²) in [5.74, 6) is 1.84. The fourth-order valence-corrected chi connectivity index (χ4v) is 2.04. The normalized spacial score (nSPS) is 10.8. The second-order valence-corrected chi connectivity index (χ2v) is 5.23. The van der Waals surface area contributed by atoms with E-state index in [1.54, 1.807) is 24.3 Å². The molecule has 0 unspecified atom stereocenters. The first-order valence-corrected chi connectivity index (χ1v) is 6.58. The topological polar surface area (TPSA) is 63.8 Å². The van der Waals surface area contributed by atoms with Crippen LogP contribution < -0.4 is 11.1 Å². The SMILES string of the molecule is CC(C)c1nc(N)cc(Nc2c(Cl)cccc2Cl)n1. The molecule has 0 aliphatic heterocycles. The van der Waals surface area contributed by atoms with Crippen molar-refractivity contribution >= 4 is 40.5 Å². The zero-order valence-corrected chi connectivity index (χ0v) is 12.1. The molecule has 1 aromatic heterocycles. The fourth-order valence-electron chi connectivity index (χ4n) is 1.55. The lowest BCUT2D eigenvalue weighted by molar-refractivity contribution is 0.779. The molecule has 0 spiro atoms. The molecule has 2 rings (SSSR count). The van der Waals surface area contributed by atoms with Crippen LogP contribution in [0, 0.1) is 0 Å². The number of hydrogen-bond acceptors (Lipinski definition) is 4. The van der Waals surface area contributed by atoms with Gasteiger partial charge in [0.1, 0.15) is 17.5 Å². The number of para-hydroxylation sites is 1. The van der Waals surface area contributed by atoms with Crippen molar-refractivity contribution in [3.8, 4) is 0 Å². The zero-order chi connectivity index (χ0) is 14.0. The van der Waals surface area contributed by atoms with Crippen LogP contribution in [0.1, 0.15) is 25.6 Å². The van der Waals surface area contributed by atoms with Crippen LogP contribution in [-0.2, 0) is 0 Å². The molecule has 0 saturated carbocycles. The Kier molecular flexibility index (Phi) is 4.12. The van der Waals surface area contributed by atoms with Gasteiger partial charge >= 0.3 is 0 Å². The molecule has 3 N–H and O–H groups in total. The lowest BCUT2D eigenvalue weighted by atomic mass is 10.2. The van der Waals surface area contributed by atoms with Crippen LogP contribution in [0.25, 0.3) is 0 Å². The van der Waals surface area contributed by atoms with Crippen molar-refractivity contribution in [2.75, 3.05) is 11.1 Å². The van der Waals surface area contributed by atoms with E-state index in [9.17, 15) is 0 Å². The number of nitrogens with two attached hydrogens (primary N) is 1. The standard InChI is InChI=1S/C13H14Cl2N4/c1-7(2)13-17-10(16)6-11(19-13)18-12-8(14)4-3-5-9(12)15/h3-7H,1-2H3,(H3,16,17,18,19). The fraction of sp³-hybridized carbons (Fsp3) is 0.231. The minimum atomic E-state index is 0.186. The molecule has 0 amide bonds. The van der Waals surface area contributed by atoms with Gasteiger partial charge in [-0.3, -0.25) is 0 Å². The molecular weight excluding hydrogens is 283 g/mol. The summed E-state index contributed by atoms with van der Waals surface area (Å²) in [4.78, 5) is 8.57. The van der Waals surface area contributed by atoms with E-state index >= 15 is 0 Å². The van der Waals surface area contributed by atoms with Gasteiger partial charge in [0.05, 0.1) is 15.7 Å². The number of benzene rings is 1. The van der Waals surface area contributed by atoms with Gasteiger partial charge in [-0.15, -0.1) is 0 Å². The van der Waals surface area contributed by atoms with E-state index in [-0.39, 0.29) is 5.92 Å². The van der Waals surface area contributed by atoms with E-state index in [1.165, 1.54) is 0 Å². The Bertz CT molecular complexity index is 579. The third-order valence-electron chi connectivity index (χ3n) is 2.50. The molecule has 4 nitrogen and oxygen atoms in total. The van der Waals surface area contributed by atoms with Crippen molar-refractivity contribution in [1.82, 2.24) is 9.97 Å². The Morgan fingerprint density at radius 3 is 2.37 bits per heavy atom. The summed E-state index contributed by atoms with van der Waals surface area (Å²) in [6, 6.07) is 6.93. The average molecular weight is 297 g/mol. The van der Waals surface area contributed by atoms with Crippen molar-refractivity contribution in [3.05, 3.63) is 40.1 Å². The highest BCUT2D eigenvalue weighted by molar-refractivity contribution is 6.39. The van der Waals surface area contributed by atoms with Gasteiger partial charge in [-0.05, 0) is 12.1 Å². The third-order valence-corrected chi connectivity index (χ3v) is 3.13. The molecule has 19 heavy (non-hydrogen) atoms. The van der Waals surface area contributed by atoms with Crippen LogP contribution in [0.2, 0.25) is 10.0 Å². The number of nitrogens with one attached hydrogen (secondary N) is 1. The molecule has 0 saturated heterocycles. The van der Waals surface area contributed by atoms with Crippen LogP contribution in [0.15, 0.2) is 24.3 Å². The monoisotopic (exact) mass is 296 g/mol. The lowest BCUT2D eigenvalue weighted by Crippen LogP contribution is -2.05. The first-order chi connectivity index (χ1) is 8.97. The van der Waals surface area contributed by atoms with Crippen molar-refractivity contribution in [3.63, 3.8) is 0 Å². The Morgan fingerprint density at radius 2 is 1.79 bits per heavy atom. The van der Waals surface area contributed by atoms with Gasteiger partial charge in [-0.2, -0.15) is 0 Å². The Balaban J connectivity index is 2.38. The highest BCUT2D eigenvalue weighted by Gasteiger charge is 2.10. The molecule has 6 heteroatoms. The summed E-state index contributed by atoms with van der Waals surface area (Å²) in [6.45, 7) is 4.00. The van der Waals surface area contributed by atoms with E-state index in [2.05, 4.69) is 15.3 Å². The minimum Gasteiger partial charge on any atom is -0.384 e. The van der Waals surface area contributed by atoms with Crippen molar-refractivity contribution in [2.45, 2.75) is 19.8 Å². The molecule has 0 aliphatic carbocycles. The van der Waals surface area contributed by atoms with Gasteiger partial charge < -0.3 is 11.1 Å². The number of nitrogens with zero attached hydrogens (tertiary/aromatic N) is 2. The summed E-state index contributed by atoms with van der Waals surface area (Å²) >= 11 is 12.2. The van der Waals surface area contributed by atoms with Crippen molar-refractivity contribution in [1.29, 1.82) is 0 Å². The zero-order valence-electron chi connectivity index (χ0n) is 10.6. The summed E-state index contributed by atoms with van der Waals surface area (Å²) in [5.41, 5.74) is 6.38. The highest BCUT2D eigenvalue weighted by Crippen LogP contribution is 2.32. The number of anilines is 3. The second-order valence-electron chi connectivity index (χ2n) is 4.41. The van der Waals surface area contributed by atoms with E-state index in [1.807, 2.05) is 13.8 Å². The smallest absolute Gasteiger partial charge is 0.136 e. The van der Waals surface area contributed by atoms with Crippen LogP contribution in [0.3, 0.4) is 0 Å². The molecule has 100 valence electrons. The van der Waals surface area contributed by atoms with Crippen molar-refractivity contribution in [2.24, 2.45) is 0 Å². The van der Waals surface area contributed by atoms with E-state index in [0.717, 1.165) is 0 Å². The number of nitrogen functional groups attached to an aromatic ring is 1. The van der Waals surface area contributed by atoms with Gasteiger partial charge in [0.15, 0.2) is 0 Å². The predicted molar refractivity (Wildman–Crippen MR) is 80.3 cm³/mol. The summed E-state index contributed by atoms with van der Waals surface area (Å²) in [5, 5.41) is 4.13. The third kappa shape index (κ3) is 3.28. The highest BCUT2D eigenvalue weighted by atomic mass is 35.5. The number of hydrogen-bond donors (Lipinski definition) is 2. The maximum Gasteiger partial charge on any atom is 0.136 e. The van der Waals surface area contributed by atoms with Gasteiger partial charge in [0, 0.05) is 12.0 Å². The number of halogens is 2. The molecule has 1 heterocycles. The van der Waals surface area contributed by atoms with E-state index < -0.39 is 0 Å². The Hall–Kier alpha value is -1.52. The number of rotatable bonds is 3. The summed E-state index contributed by atoms with van der Waals surface area (Å²) in [7, 11) is 0. The van der Waals surface area contributed by atoms with E-state index in [0.29, 0.717) is 33.2 Å². The molecule has 2 aromatic rings. The van der Waals surface area contributed by atoms with Gasteiger partial charge in [0.2, 0.25) is 0 Å². The Morgan fingerprint density at radius 1 is 1.16 bits per heavy atom. The predicted octanol–water partition coefficient (Wildman–Crippen LogP) is 4.23. The van der Waals surface area contributed by atoms with Gasteiger partial charge in [-0.25, -0.2) is 9.97 Å². The molecule has 0 bridgehead atoms. The maximum atomic E-state index is 6.10. The lowest BCUT2D eigenvalue weighted by Gasteiger charge is -2.12. The summed E-state index contributed by atoms with van der Waals surface area (Å²) in [6.07, 6.45) is 0. The van der Waals surface area contributed by atoms with Crippen molar-refractivity contribution < 1.29 is 0 Å². The molecular formula is C13H14Cl2N4. The quantitative estimate of drug-likeness (QED) is 0.889. The maximum absolute atomic E-state index is 6.10. The van der Waals surface area contributed by atoms with Crippen LogP contribution in [0.5, 0.6) is 0 Å². The molecule has 0 radical (unpaired) electrons. The van der Waals surface area contributed by atoms with Gasteiger partial charge in [0.25, 0.3) is 0 Å². The largest absolute Gasteiger partial charge is 0.384 e. The van der Waals surface area contributed by atoms with Gasteiger partial charge in [-0.1, -0.05) is 43.1 Å². The minimum absolute atomic E-state index is 0.186. The molecule has 0 atom stereocenters. The Labute approximate surface area is 122 Å². The first kappa shape index (κ1) is 13.9. The molecule has 0 aliphatic rings. The summed E-state index contributed by atoms with van der Waals surface area (Å²) < 4.78 is 0. The first-order valence-electron chi connectivity index (χ1n) is 5.83. The molecule has 1 aromatic carbocycles. The molecule has 0 fully saturated rings. The van der Waals surface area contributed by atoms with Crippen LogP contribution >= 0.6 is 23.2 Å². The van der Waals surface area contributed by atoms with E-state index in [4.69, 9.17) is 28.9 Å². The number of aromatic nitrogens is 2. The van der Waals surface area contributed by atoms with Crippen LogP contribution in [-0.4, -0.2) is 9.97 Å². The average Bonchev–Trinajstić information content (AvgIpc) is 2.33. The van der Waals surface area contributed by atoms with Crippen LogP contribution in [0.4, 0.5) is 17.3 Å². The second kappa shape index (κ2) is 5.63.